The number of benzene rings is 1. The summed E-state index contributed by atoms with van der Waals surface area (Å²) in [6, 6.07) is 3.93. The molecule has 0 aliphatic carbocycles. The maximum atomic E-state index is 12.3. The van der Waals surface area contributed by atoms with E-state index >= 15 is 0 Å². The first kappa shape index (κ1) is 20.6. The SMILES string of the molecule is Cc1nc(SCC(=O)Nc2cc([N+](=O)[O-])ccc2Cl)n(C[C@@H]2CCCO2)c1C. The molecule has 2 heterocycles. The van der Waals surface area contributed by atoms with Crippen LogP contribution in [0.4, 0.5) is 11.4 Å². The number of anilines is 1. The van der Waals surface area contributed by atoms with E-state index < -0.39 is 4.92 Å². The summed E-state index contributed by atoms with van der Waals surface area (Å²) in [5.41, 5.74) is 2.06. The number of ether oxygens (including phenoxy) is 1. The van der Waals surface area contributed by atoms with E-state index in [1.54, 1.807) is 0 Å². The van der Waals surface area contributed by atoms with Gasteiger partial charge in [0, 0.05) is 24.4 Å². The van der Waals surface area contributed by atoms with Crippen LogP contribution in [0.15, 0.2) is 23.4 Å². The molecule has 0 unspecified atom stereocenters. The lowest BCUT2D eigenvalue weighted by atomic mass is 10.2. The second kappa shape index (κ2) is 8.93. The first-order valence-electron chi connectivity index (χ1n) is 8.87. The molecule has 1 N–H and O–H groups in total. The van der Waals surface area contributed by atoms with Gasteiger partial charge in [-0.3, -0.25) is 14.9 Å². The Labute approximate surface area is 171 Å². The standard InChI is InChI=1S/C18H21ClN4O4S/c1-11-12(2)22(9-14-4-3-7-27-14)18(20-11)28-10-17(24)21-16-8-13(23(25)26)5-6-15(16)19/h5-6,8,14H,3-4,7,9-10H2,1-2H3,(H,21,24)/t14-/m0/s1. The highest BCUT2D eigenvalue weighted by Gasteiger charge is 2.21. The van der Waals surface area contributed by atoms with Gasteiger partial charge in [-0.2, -0.15) is 0 Å². The molecule has 1 aromatic heterocycles. The Bertz CT molecular complexity index is 896. The number of amides is 1. The lowest BCUT2D eigenvalue weighted by Gasteiger charge is -2.14. The molecule has 1 aliphatic heterocycles. The number of aromatic nitrogens is 2. The minimum Gasteiger partial charge on any atom is -0.376 e. The molecule has 1 aliphatic rings. The lowest BCUT2D eigenvalue weighted by molar-refractivity contribution is -0.384. The van der Waals surface area contributed by atoms with Gasteiger partial charge < -0.3 is 14.6 Å². The molecule has 1 amide bonds. The molecule has 0 spiro atoms. The Morgan fingerprint density at radius 3 is 2.96 bits per heavy atom. The van der Waals surface area contributed by atoms with Gasteiger partial charge in [0.1, 0.15) is 0 Å². The van der Waals surface area contributed by atoms with Crippen LogP contribution in [0.5, 0.6) is 0 Å². The molecule has 3 rings (SSSR count). The van der Waals surface area contributed by atoms with E-state index in [-0.39, 0.29) is 34.2 Å². The molecule has 1 saturated heterocycles. The van der Waals surface area contributed by atoms with Crippen molar-refractivity contribution in [1.82, 2.24) is 9.55 Å². The highest BCUT2D eigenvalue weighted by molar-refractivity contribution is 7.99. The zero-order chi connectivity index (χ0) is 20.3. The number of hydrogen-bond acceptors (Lipinski definition) is 6. The smallest absolute Gasteiger partial charge is 0.271 e. The third kappa shape index (κ3) is 4.84. The predicted molar refractivity (Wildman–Crippen MR) is 108 cm³/mol. The van der Waals surface area contributed by atoms with Gasteiger partial charge in [0.15, 0.2) is 5.16 Å². The van der Waals surface area contributed by atoms with Crippen LogP contribution in [0.3, 0.4) is 0 Å². The Morgan fingerprint density at radius 1 is 1.50 bits per heavy atom. The largest absolute Gasteiger partial charge is 0.376 e. The maximum absolute atomic E-state index is 12.3. The molecule has 8 nitrogen and oxygen atoms in total. The fraction of sp³-hybridized carbons (Fsp3) is 0.444. The fourth-order valence-electron chi connectivity index (χ4n) is 2.98. The summed E-state index contributed by atoms with van der Waals surface area (Å²) < 4.78 is 7.80. The number of rotatable bonds is 7. The van der Waals surface area contributed by atoms with Crippen molar-refractivity contribution in [2.45, 2.75) is 44.5 Å². The molecule has 10 heteroatoms. The normalized spacial score (nSPS) is 16.3. The van der Waals surface area contributed by atoms with Gasteiger partial charge in [-0.25, -0.2) is 4.98 Å². The van der Waals surface area contributed by atoms with E-state index in [0.29, 0.717) is 6.54 Å². The number of nitro groups is 1. The van der Waals surface area contributed by atoms with Gasteiger partial charge in [-0.15, -0.1) is 0 Å². The van der Waals surface area contributed by atoms with Gasteiger partial charge in [0.05, 0.1) is 39.7 Å². The number of carbonyl (C=O) groups is 1. The van der Waals surface area contributed by atoms with Crippen molar-refractivity contribution in [3.63, 3.8) is 0 Å². The summed E-state index contributed by atoms with van der Waals surface area (Å²) in [5, 5.41) is 14.5. The van der Waals surface area contributed by atoms with Gasteiger partial charge in [0.25, 0.3) is 5.69 Å². The molecule has 1 fully saturated rings. The summed E-state index contributed by atoms with van der Waals surface area (Å²) >= 11 is 7.35. The van der Waals surface area contributed by atoms with E-state index in [9.17, 15) is 14.9 Å². The highest BCUT2D eigenvalue weighted by atomic mass is 35.5. The van der Waals surface area contributed by atoms with E-state index in [0.717, 1.165) is 36.0 Å². The van der Waals surface area contributed by atoms with E-state index in [2.05, 4.69) is 14.9 Å². The van der Waals surface area contributed by atoms with E-state index in [4.69, 9.17) is 16.3 Å². The number of nitro benzene ring substituents is 1. The predicted octanol–water partition coefficient (Wildman–Crippen LogP) is 3.97. The Balaban J connectivity index is 1.65. The van der Waals surface area contributed by atoms with Crippen LogP contribution < -0.4 is 5.32 Å². The number of nitrogens with one attached hydrogen (secondary N) is 1. The quantitative estimate of drug-likeness (QED) is 0.410. The molecular formula is C18H21ClN4O4S. The monoisotopic (exact) mass is 424 g/mol. The molecule has 150 valence electrons. The molecule has 28 heavy (non-hydrogen) atoms. The number of imidazole rings is 1. The molecular weight excluding hydrogens is 404 g/mol. The molecule has 2 aromatic rings. The van der Waals surface area contributed by atoms with Crippen molar-refractivity contribution < 1.29 is 14.5 Å². The number of halogens is 1. The summed E-state index contributed by atoms with van der Waals surface area (Å²) in [5.74, 6) is -0.199. The highest BCUT2D eigenvalue weighted by Crippen LogP contribution is 2.28. The molecule has 0 radical (unpaired) electrons. The van der Waals surface area contributed by atoms with E-state index in [1.165, 1.54) is 30.0 Å². The first-order chi connectivity index (χ1) is 13.3. The number of non-ortho nitro benzene ring substituents is 1. The zero-order valence-corrected chi connectivity index (χ0v) is 17.2. The van der Waals surface area contributed by atoms with Gasteiger partial charge >= 0.3 is 0 Å². The summed E-state index contributed by atoms with van der Waals surface area (Å²) in [4.78, 5) is 27.3. The Kier molecular flexibility index (Phi) is 6.58. The van der Waals surface area contributed by atoms with Crippen molar-refractivity contribution in [2.75, 3.05) is 17.7 Å². The van der Waals surface area contributed by atoms with Crippen LogP contribution in [0.1, 0.15) is 24.2 Å². The second-order valence-electron chi connectivity index (χ2n) is 6.57. The third-order valence-electron chi connectivity index (χ3n) is 4.60. The van der Waals surface area contributed by atoms with Crippen molar-refractivity contribution in [3.8, 4) is 0 Å². The zero-order valence-electron chi connectivity index (χ0n) is 15.6. The average molecular weight is 425 g/mol. The van der Waals surface area contributed by atoms with Crippen LogP contribution in [-0.4, -0.2) is 38.8 Å². The molecule has 0 bridgehead atoms. The number of carbonyl (C=O) groups excluding carboxylic acids is 1. The van der Waals surface area contributed by atoms with Crippen molar-refractivity contribution in [2.24, 2.45) is 0 Å². The molecule has 1 aromatic carbocycles. The van der Waals surface area contributed by atoms with Crippen LogP contribution in [0.2, 0.25) is 5.02 Å². The van der Waals surface area contributed by atoms with E-state index in [1.807, 2.05) is 13.8 Å². The second-order valence-corrected chi connectivity index (χ2v) is 7.92. The van der Waals surface area contributed by atoms with Gasteiger partial charge in [-0.1, -0.05) is 23.4 Å². The van der Waals surface area contributed by atoms with Crippen LogP contribution in [0.25, 0.3) is 0 Å². The number of thioether (sulfide) groups is 1. The first-order valence-corrected chi connectivity index (χ1v) is 10.2. The van der Waals surface area contributed by atoms with Gasteiger partial charge in [-0.05, 0) is 32.8 Å². The van der Waals surface area contributed by atoms with Crippen molar-refractivity contribution in [3.05, 3.63) is 44.7 Å². The fourth-order valence-corrected chi connectivity index (χ4v) is 4.05. The van der Waals surface area contributed by atoms with Crippen molar-refractivity contribution in [1.29, 1.82) is 0 Å². The summed E-state index contributed by atoms with van der Waals surface area (Å²) in [7, 11) is 0. The Morgan fingerprint density at radius 2 is 2.29 bits per heavy atom. The minimum atomic E-state index is -0.534. The van der Waals surface area contributed by atoms with Crippen LogP contribution >= 0.6 is 23.4 Å². The number of hydrogen-bond donors (Lipinski definition) is 1. The molecule has 0 saturated carbocycles. The third-order valence-corrected chi connectivity index (χ3v) is 5.91. The minimum absolute atomic E-state index is 0.112. The summed E-state index contributed by atoms with van der Waals surface area (Å²) in [6.45, 7) is 5.44. The number of nitrogens with zero attached hydrogens (tertiary/aromatic N) is 3. The van der Waals surface area contributed by atoms with Gasteiger partial charge in [0.2, 0.25) is 5.91 Å². The lowest BCUT2D eigenvalue weighted by Crippen LogP contribution is -2.18. The average Bonchev–Trinajstić information content (AvgIpc) is 3.25. The number of aryl methyl sites for hydroxylation is 1. The maximum Gasteiger partial charge on any atom is 0.271 e. The van der Waals surface area contributed by atoms with Crippen LogP contribution in [0, 0.1) is 24.0 Å². The topological polar surface area (TPSA) is 99.3 Å². The van der Waals surface area contributed by atoms with Crippen LogP contribution in [-0.2, 0) is 16.1 Å². The Hall–Kier alpha value is -2.10. The summed E-state index contributed by atoms with van der Waals surface area (Å²) in [6.07, 6.45) is 2.25. The van der Waals surface area contributed by atoms with Crippen molar-refractivity contribution >= 4 is 40.6 Å². The molecule has 1 atom stereocenters.